The number of nitrogens with zero attached hydrogens (tertiary/aromatic N) is 5. The van der Waals surface area contributed by atoms with Gasteiger partial charge in [0.1, 0.15) is 5.82 Å². The quantitative estimate of drug-likeness (QED) is 0.778. The van der Waals surface area contributed by atoms with Gasteiger partial charge in [-0.05, 0) is 34.4 Å². The molecule has 0 aliphatic carbocycles. The van der Waals surface area contributed by atoms with Crippen molar-refractivity contribution in [3.8, 4) is 0 Å². The van der Waals surface area contributed by atoms with Crippen LogP contribution in [0.3, 0.4) is 0 Å². The van der Waals surface area contributed by atoms with Crippen LogP contribution in [-0.2, 0) is 0 Å². The van der Waals surface area contributed by atoms with E-state index in [1.54, 1.807) is 6.07 Å². The maximum absolute atomic E-state index is 8.94. The molecule has 2 rings (SSSR count). The lowest BCUT2D eigenvalue weighted by atomic mass is 9.90. The molecule has 0 bridgehead atoms. The van der Waals surface area contributed by atoms with Crippen molar-refractivity contribution in [2.45, 2.75) is 20.3 Å². The molecule has 0 saturated heterocycles. The molecule has 0 aliphatic rings. The number of tetrazole rings is 1. The van der Waals surface area contributed by atoms with Gasteiger partial charge in [0.15, 0.2) is 5.65 Å². The Balaban J connectivity index is 2.03. The summed E-state index contributed by atoms with van der Waals surface area (Å²) in [6.07, 6.45) is 0.743. The average Bonchev–Trinajstić information content (AvgIpc) is 2.73. The van der Waals surface area contributed by atoms with Crippen LogP contribution in [0.25, 0.3) is 5.65 Å². The Morgan fingerprint density at radius 1 is 1.41 bits per heavy atom. The first-order valence-corrected chi connectivity index (χ1v) is 5.51. The summed E-state index contributed by atoms with van der Waals surface area (Å²) in [6.45, 7) is 5.10. The van der Waals surface area contributed by atoms with Crippen molar-refractivity contribution in [1.29, 1.82) is 0 Å². The van der Waals surface area contributed by atoms with E-state index in [2.05, 4.69) is 39.8 Å². The highest BCUT2D eigenvalue weighted by Crippen LogP contribution is 2.19. The molecular formula is C10H16N6O. The number of aliphatic hydroxyl groups excluding tert-OH is 1. The van der Waals surface area contributed by atoms with Crippen LogP contribution in [0.2, 0.25) is 0 Å². The number of rotatable bonds is 5. The fourth-order valence-electron chi connectivity index (χ4n) is 1.46. The fraction of sp³-hybridized carbons (Fsp3) is 0.600. The molecule has 0 fully saturated rings. The highest BCUT2D eigenvalue weighted by atomic mass is 16.3. The number of aromatic nitrogens is 5. The second-order valence-corrected chi connectivity index (χ2v) is 4.74. The van der Waals surface area contributed by atoms with Gasteiger partial charge in [-0.1, -0.05) is 13.8 Å². The van der Waals surface area contributed by atoms with Gasteiger partial charge in [0.05, 0.1) is 0 Å². The Hall–Kier alpha value is -1.76. The normalized spacial score (nSPS) is 11.9. The first-order chi connectivity index (χ1) is 8.11. The molecule has 2 heterocycles. The van der Waals surface area contributed by atoms with Gasteiger partial charge in [-0.25, -0.2) is 0 Å². The maximum atomic E-state index is 8.94. The van der Waals surface area contributed by atoms with E-state index in [4.69, 9.17) is 5.11 Å². The molecule has 0 aliphatic heterocycles. The minimum absolute atomic E-state index is 0.0198. The third kappa shape index (κ3) is 2.88. The fourth-order valence-corrected chi connectivity index (χ4v) is 1.46. The third-order valence-corrected chi connectivity index (χ3v) is 2.61. The summed E-state index contributed by atoms with van der Waals surface area (Å²) >= 11 is 0. The van der Waals surface area contributed by atoms with Crippen molar-refractivity contribution in [1.82, 2.24) is 25.3 Å². The first kappa shape index (κ1) is 11.7. The monoisotopic (exact) mass is 236 g/mol. The molecule has 0 aromatic carbocycles. The highest BCUT2D eigenvalue weighted by molar-refractivity contribution is 5.42. The van der Waals surface area contributed by atoms with Gasteiger partial charge < -0.3 is 10.4 Å². The van der Waals surface area contributed by atoms with Crippen molar-refractivity contribution < 1.29 is 5.11 Å². The Kier molecular flexibility index (Phi) is 3.19. The number of nitrogens with one attached hydrogen (secondary N) is 1. The molecule has 2 aromatic heterocycles. The van der Waals surface area contributed by atoms with Crippen molar-refractivity contribution in [2.24, 2.45) is 5.41 Å². The Morgan fingerprint density at radius 3 is 3.00 bits per heavy atom. The molecule has 0 unspecified atom stereocenters. The van der Waals surface area contributed by atoms with Gasteiger partial charge in [0, 0.05) is 13.2 Å². The van der Waals surface area contributed by atoms with Crippen LogP contribution in [0.1, 0.15) is 20.3 Å². The molecule has 2 aromatic rings. The second-order valence-electron chi connectivity index (χ2n) is 4.74. The molecule has 92 valence electrons. The lowest BCUT2D eigenvalue weighted by Gasteiger charge is -2.23. The van der Waals surface area contributed by atoms with Gasteiger partial charge >= 0.3 is 0 Å². The zero-order chi connectivity index (χ0) is 12.3. The number of fused-ring (bicyclic) bond motifs is 1. The largest absolute Gasteiger partial charge is 0.396 e. The predicted octanol–water partition coefficient (Wildman–Crippen LogP) is 0.340. The number of aliphatic hydroxyl groups is 1. The number of hydrogen-bond donors (Lipinski definition) is 2. The zero-order valence-electron chi connectivity index (χ0n) is 9.96. The van der Waals surface area contributed by atoms with Crippen molar-refractivity contribution >= 4 is 11.5 Å². The molecule has 0 spiro atoms. The molecule has 2 N–H and O–H groups in total. The smallest absolute Gasteiger partial charge is 0.200 e. The number of anilines is 1. The minimum Gasteiger partial charge on any atom is -0.396 e. The summed E-state index contributed by atoms with van der Waals surface area (Å²) in [5.41, 5.74) is 0.636. The predicted molar refractivity (Wildman–Crippen MR) is 62.6 cm³/mol. The van der Waals surface area contributed by atoms with Crippen LogP contribution in [0, 0.1) is 5.41 Å². The molecule has 0 atom stereocenters. The van der Waals surface area contributed by atoms with E-state index >= 15 is 0 Å². The summed E-state index contributed by atoms with van der Waals surface area (Å²) < 4.78 is 1.38. The van der Waals surface area contributed by atoms with Crippen LogP contribution in [0.15, 0.2) is 12.1 Å². The van der Waals surface area contributed by atoms with Crippen molar-refractivity contribution in [3.05, 3.63) is 12.1 Å². The Morgan fingerprint density at radius 2 is 2.24 bits per heavy atom. The van der Waals surface area contributed by atoms with Gasteiger partial charge in [0.2, 0.25) is 0 Å². The van der Waals surface area contributed by atoms with Gasteiger partial charge in [-0.15, -0.1) is 14.8 Å². The van der Waals surface area contributed by atoms with Gasteiger partial charge in [-0.3, -0.25) is 0 Å². The number of hydrogen-bond acceptors (Lipinski definition) is 6. The Bertz CT molecular complexity index is 494. The lowest BCUT2D eigenvalue weighted by Crippen LogP contribution is -2.24. The first-order valence-electron chi connectivity index (χ1n) is 5.51. The summed E-state index contributed by atoms with van der Waals surface area (Å²) in [4.78, 5) is 0. The van der Waals surface area contributed by atoms with Crippen LogP contribution in [-0.4, -0.2) is 43.5 Å². The maximum Gasteiger partial charge on any atom is 0.200 e. The summed E-state index contributed by atoms with van der Waals surface area (Å²) in [5.74, 6) is 0.718. The molecular weight excluding hydrogens is 220 g/mol. The molecule has 0 saturated carbocycles. The van der Waals surface area contributed by atoms with Crippen molar-refractivity contribution in [2.75, 3.05) is 18.5 Å². The molecule has 0 amide bonds. The van der Waals surface area contributed by atoms with E-state index in [1.807, 2.05) is 6.07 Å². The summed E-state index contributed by atoms with van der Waals surface area (Å²) in [5, 5.41) is 27.4. The van der Waals surface area contributed by atoms with E-state index in [-0.39, 0.29) is 12.0 Å². The SMILES string of the molecule is CC(C)(CCO)CNc1ccc2nnnn2n1. The van der Waals surface area contributed by atoms with E-state index in [9.17, 15) is 0 Å². The van der Waals surface area contributed by atoms with Crippen LogP contribution in [0.4, 0.5) is 5.82 Å². The second kappa shape index (κ2) is 4.62. The molecule has 0 radical (unpaired) electrons. The van der Waals surface area contributed by atoms with Crippen molar-refractivity contribution in [3.63, 3.8) is 0 Å². The van der Waals surface area contributed by atoms with Gasteiger partial charge in [-0.2, -0.15) is 0 Å². The van der Waals surface area contributed by atoms with E-state index in [1.165, 1.54) is 4.63 Å². The Labute approximate surface area is 98.8 Å². The molecule has 7 nitrogen and oxygen atoms in total. The van der Waals surface area contributed by atoms with Gasteiger partial charge in [0.25, 0.3) is 0 Å². The third-order valence-electron chi connectivity index (χ3n) is 2.61. The molecule has 17 heavy (non-hydrogen) atoms. The standard InChI is InChI=1S/C10H16N6O/c1-10(2,5-6-17)7-11-8-3-4-9-12-14-15-16(9)13-8/h3-4,17H,5-7H2,1-2H3,(H,11,13). The average molecular weight is 236 g/mol. The van der Waals surface area contributed by atoms with E-state index in [0.29, 0.717) is 5.65 Å². The molecule has 7 heteroatoms. The lowest BCUT2D eigenvalue weighted by molar-refractivity contribution is 0.220. The van der Waals surface area contributed by atoms with Crippen LogP contribution >= 0.6 is 0 Å². The zero-order valence-corrected chi connectivity index (χ0v) is 9.96. The van der Waals surface area contributed by atoms with E-state index in [0.717, 1.165) is 18.8 Å². The summed E-state index contributed by atoms with van der Waals surface area (Å²) in [6, 6.07) is 3.63. The summed E-state index contributed by atoms with van der Waals surface area (Å²) in [7, 11) is 0. The van der Waals surface area contributed by atoms with E-state index < -0.39 is 0 Å². The van der Waals surface area contributed by atoms with Crippen LogP contribution < -0.4 is 5.32 Å². The minimum atomic E-state index is 0.0198. The highest BCUT2D eigenvalue weighted by Gasteiger charge is 2.17. The van der Waals surface area contributed by atoms with Crippen LogP contribution in [0.5, 0.6) is 0 Å². The topological polar surface area (TPSA) is 88.2 Å².